The molecule has 0 aliphatic carbocycles. The second kappa shape index (κ2) is 4.57. The van der Waals surface area contributed by atoms with Crippen LogP contribution in [-0.4, -0.2) is 24.7 Å². The van der Waals surface area contributed by atoms with Crippen molar-refractivity contribution in [2.24, 2.45) is 0 Å². The van der Waals surface area contributed by atoms with Gasteiger partial charge in [0.2, 0.25) is 0 Å². The van der Waals surface area contributed by atoms with Gasteiger partial charge < -0.3 is 10.1 Å². The summed E-state index contributed by atoms with van der Waals surface area (Å²) < 4.78 is 6.56. The molecule has 1 unspecified atom stereocenters. The van der Waals surface area contributed by atoms with E-state index >= 15 is 0 Å². The van der Waals surface area contributed by atoms with Crippen molar-refractivity contribution in [3.63, 3.8) is 0 Å². The van der Waals surface area contributed by atoms with Crippen molar-refractivity contribution in [3.8, 4) is 0 Å². The molecule has 1 saturated heterocycles. The number of morpholine rings is 1. The molecule has 3 nitrogen and oxygen atoms in total. The minimum absolute atomic E-state index is 0.0682. The Morgan fingerprint density at radius 3 is 3.21 bits per heavy atom. The number of pyridine rings is 1. The number of hydrogen-bond donors (Lipinski definition) is 1. The van der Waals surface area contributed by atoms with Crippen molar-refractivity contribution in [1.29, 1.82) is 0 Å². The van der Waals surface area contributed by atoms with Crippen molar-refractivity contribution < 1.29 is 4.74 Å². The second-order valence-corrected chi connectivity index (χ2v) is 4.33. The Balaban J connectivity index is 2.24. The van der Waals surface area contributed by atoms with Gasteiger partial charge in [0, 0.05) is 29.3 Å². The van der Waals surface area contributed by atoms with Gasteiger partial charge in [-0.3, -0.25) is 0 Å². The maximum Gasteiger partial charge on any atom is 0.129 e. The van der Waals surface area contributed by atoms with Crippen molar-refractivity contribution in [2.75, 3.05) is 19.7 Å². The van der Waals surface area contributed by atoms with Crippen molar-refractivity contribution in [1.82, 2.24) is 10.3 Å². The summed E-state index contributed by atoms with van der Waals surface area (Å²) in [4.78, 5) is 3.98. The predicted molar refractivity (Wildman–Crippen MR) is 58.5 cm³/mol. The van der Waals surface area contributed by atoms with Crippen molar-refractivity contribution >= 4 is 27.5 Å². The molecular formula is C9H10BrClN2O. The fraction of sp³-hybridized carbons (Fsp3) is 0.444. The molecule has 1 N–H and O–H groups in total. The second-order valence-electron chi connectivity index (χ2n) is 3.09. The Bertz CT molecular complexity index is 329. The standard InChI is InChI=1S/C9H10BrClN2O/c10-7-4-13-9(11)3-6(7)8-5-12-1-2-14-8/h3-4,8,12H,1-2,5H2. The Labute approximate surface area is 95.9 Å². The molecule has 0 spiro atoms. The first kappa shape index (κ1) is 10.4. The van der Waals surface area contributed by atoms with E-state index in [9.17, 15) is 0 Å². The smallest absolute Gasteiger partial charge is 0.129 e. The number of aromatic nitrogens is 1. The van der Waals surface area contributed by atoms with E-state index in [1.807, 2.05) is 6.07 Å². The molecular weight excluding hydrogens is 267 g/mol. The average Bonchev–Trinajstić information content (AvgIpc) is 2.23. The number of hydrogen-bond acceptors (Lipinski definition) is 3. The summed E-state index contributed by atoms with van der Waals surface area (Å²) in [6.07, 6.45) is 1.77. The number of rotatable bonds is 1. The molecule has 5 heteroatoms. The SMILES string of the molecule is Clc1cc(C2CNCCO2)c(Br)cn1. The highest BCUT2D eigenvalue weighted by atomic mass is 79.9. The molecule has 0 bridgehead atoms. The van der Waals surface area contributed by atoms with Crippen LogP contribution < -0.4 is 5.32 Å². The van der Waals surface area contributed by atoms with Crippen LogP contribution in [-0.2, 0) is 4.74 Å². The maximum absolute atomic E-state index is 5.83. The van der Waals surface area contributed by atoms with E-state index in [1.54, 1.807) is 6.20 Å². The Hall–Kier alpha value is -0.160. The number of nitrogens with one attached hydrogen (secondary N) is 1. The van der Waals surface area contributed by atoms with E-state index in [0.717, 1.165) is 29.7 Å². The van der Waals surface area contributed by atoms with Crippen molar-refractivity contribution in [3.05, 3.63) is 27.5 Å². The highest BCUT2D eigenvalue weighted by Gasteiger charge is 2.18. The van der Waals surface area contributed by atoms with Gasteiger partial charge in [-0.05, 0) is 22.0 Å². The molecule has 0 saturated carbocycles. The van der Waals surface area contributed by atoms with Gasteiger partial charge in [-0.2, -0.15) is 0 Å². The fourth-order valence-electron chi connectivity index (χ4n) is 1.44. The van der Waals surface area contributed by atoms with E-state index in [-0.39, 0.29) is 6.10 Å². The van der Waals surface area contributed by atoms with Gasteiger partial charge >= 0.3 is 0 Å². The van der Waals surface area contributed by atoms with Gasteiger partial charge in [-0.25, -0.2) is 4.98 Å². The van der Waals surface area contributed by atoms with Gasteiger partial charge in [0.25, 0.3) is 0 Å². The zero-order valence-electron chi connectivity index (χ0n) is 7.46. The third-order valence-electron chi connectivity index (χ3n) is 2.13. The molecule has 0 amide bonds. The summed E-state index contributed by atoms with van der Waals surface area (Å²) in [5.41, 5.74) is 1.05. The molecule has 1 aliphatic heterocycles. The fourth-order valence-corrected chi connectivity index (χ4v) is 2.08. The molecule has 1 fully saturated rings. The quantitative estimate of drug-likeness (QED) is 0.799. The summed E-state index contributed by atoms with van der Waals surface area (Å²) in [6.45, 7) is 2.46. The molecule has 2 heterocycles. The Morgan fingerprint density at radius 1 is 1.64 bits per heavy atom. The third kappa shape index (κ3) is 2.25. The topological polar surface area (TPSA) is 34.1 Å². The zero-order valence-corrected chi connectivity index (χ0v) is 9.81. The van der Waals surface area contributed by atoms with Gasteiger partial charge in [-0.15, -0.1) is 0 Å². The molecule has 1 atom stereocenters. The molecule has 76 valence electrons. The molecule has 2 rings (SSSR count). The predicted octanol–water partition coefficient (Wildman–Crippen LogP) is 2.16. The van der Waals surface area contributed by atoms with Crippen LogP contribution >= 0.6 is 27.5 Å². The monoisotopic (exact) mass is 276 g/mol. The van der Waals surface area contributed by atoms with Crippen LogP contribution in [0.3, 0.4) is 0 Å². The summed E-state index contributed by atoms with van der Waals surface area (Å²) in [5, 5.41) is 3.77. The van der Waals surface area contributed by atoms with Crippen molar-refractivity contribution in [2.45, 2.75) is 6.10 Å². The maximum atomic E-state index is 5.83. The van der Waals surface area contributed by atoms with Gasteiger partial charge in [0.05, 0.1) is 12.7 Å². The summed E-state index contributed by atoms with van der Waals surface area (Å²) in [6, 6.07) is 1.84. The van der Waals surface area contributed by atoms with Gasteiger partial charge in [0.15, 0.2) is 0 Å². The number of ether oxygens (including phenoxy) is 1. The molecule has 1 aliphatic rings. The molecule has 1 aromatic heterocycles. The zero-order chi connectivity index (χ0) is 9.97. The summed E-state index contributed by atoms with van der Waals surface area (Å²) in [7, 11) is 0. The van der Waals surface area contributed by atoms with Gasteiger partial charge in [-0.1, -0.05) is 11.6 Å². The van der Waals surface area contributed by atoms with Crippen LogP contribution in [0, 0.1) is 0 Å². The normalized spacial score (nSPS) is 22.3. The highest BCUT2D eigenvalue weighted by molar-refractivity contribution is 9.10. The number of nitrogens with zero attached hydrogens (tertiary/aromatic N) is 1. The first-order chi connectivity index (χ1) is 6.77. The lowest BCUT2D eigenvalue weighted by Gasteiger charge is -2.24. The first-order valence-electron chi connectivity index (χ1n) is 4.40. The molecule has 0 aromatic carbocycles. The van der Waals surface area contributed by atoms with E-state index < -0.39 is 0 Å². The molecule has 1 aromatic rings. The summed E-state index contributed by atoms with van der Waals surface area (Å²) in [5.74, 6) is 0. The minimum Gasteiger partial charge on any atom is -0.371 e. The van der Waals surface area contributed by atoms with Crippen LogP contribution in [0.15, 0.2) is 16.7 Å². The Morgan fingerprint density at radius 2 is 2.50 bits per heavy atom. The van der Waals surface area contributed by atoms with E-state index in [2.05, 4.69) is 26.2 Å². The third-order valence-corrected chi connectivity index (χ3v) is 3.00. The van der Waals surface area contributed by atoms with Crippen LogP contribution in [0.1, 0.15) is 11.7 Å². The highest BCUT2D eigenvalue weighted by Crippen LogP contribution is 2.27. The van der Waals surface area contributed by atoms with E-state index in [0.29, 0.717) is 5.15 Å². The van der Waals surface area contributed by atoms with Crippen LogP contribution in [0.4, 0.5) is 0 Å². The largest absolute Gasteiger partial charge is 0.371 e. The summed E-state index contributed by atoms with van der Waals surface area (Å²) >= 11 is 9.27. The van der Waals surface area contributed by atoms with E-state index in [1.165, 1.54) is 0 Å². The lowest BCUT2D eigenvalue weighted by molar-refractivity contribution is 0.0272. The molecule has 14 heavy (non-hydrogen) atoms. The molecule has 0 radical (unpaired) electrons. The lowest BCUT2D eigenvalue weighted by Crippen LogP contribution is -2.33. The Kier molecular flexibility index (Phi) is 3.38. The lowest BCUT2D eigenvalue weighted by atomic mass is 10.1. The van der Waals surface area contributed by atoms with E-state index in [4.69, 9.17) is 16.3 Å². The van der Waals surface area contributed by atoms with Gasteiger partial charge in [0.1, 0.15) is 5.15 Å². The first-order valence-corrected chi connectivity index (χ1v) is 5.58. The van der Waals surface area contributed by atoms with Crippen LogP contribution in [0.5, 0.6) is 0 Å². The minimum atomic E-state index is 0.0682. The average molecular weight is 278 g/mol. The number of halogens is 2. The van der Waals surface area contributed by atoms with Crippen LogP contribution in [0.2, 0.25) is 5.15 Å². The van der Waals surface area contributed by atoms with Crippen LogP contribution in [0.25, 0.3) is 0 Å².